The normalized spacial score (nSPS) is 11.2. The lowest BCUT2D eigenvalue weighted by atomic mass is 10.1. The summed E-state index contributed by atoms with van der Waals surface area (Å²) in [4.78, 5) is 9.10. The highest BCUT2D eigenvalue weighted by atomic mass is 32.1. The van der Waals surface area contributed by atoms with Gasteiger partial charge in [0.25, 0.3) is 0 Å². The largest absolute Gasteiger partial charge is 0.391 e. The number of aromatic nitrogens is 1. The Labute approximate surface area is 116 Å². The van der Waals surface area contributed by atoms with E-state index >= 15 is 0 Å². The van der Waals surface area contributed by atoms with Gasteiger partial charge >= 0.3 is 0 Å². The first kappa shape index (κ1) is 13.5. The van der Waals surface area contributed by atoms with E-state index in [9.17, 15) is 5.11 Å². The van der Waals surface area contributed by atoms with Gasteiger partial charge in [-0.3, -0.25) is 0 Å². The summed E-state index contributed by atoms with van der Waals surface area (Å²) in [6.07, 6.45) is 0. The Kier molecular flexibility index (Phi) is 4.37. The Morgan fingerprint density at radius 1 is 1.44 bits per heavy atom. The highest BCUT2D eigenvalue weighted by molar-refractivity contribution is 7.15. The molecule has 0 saturated heterocycles. The molecular formula is C13H18N2OS2. The summed E-state index contributed by atoms with van der Waals surface area (Å²) >= 11 is 3.34. The molecule has 2 aromatic heterocycles. The third-order valence-electron chi connectivity index (χ3n) is 2.71. The predicted molar refractivity (Wildman–Crippen MR) is 78.6 cm³/mol. The van der Waals surface area contributed by atoms with Crippen LogP contribution >= 0.6 is 22.7 Å². The van der Waals surface area contributed by atoms with Crippen molar-refractivity contribution in [3.05, 3.63) is 33.0 Å². The number of nitrogens with zero attached hydrogens (tertiary/aromatic N) is 2. The third kappa shape index (κ3) is 2.91. The highest BCUT2D eigenvalue weighted by Crippen LogP contribution is 2.31. The van der Waals surface area contributed by atoms with Gasteiger partial charge in [0, 0.05) is 11.9 Å². The number of thiophene rings is 1. The average molecular weight is 282 g/mol. The molecule has 0 atom stereocenters. The summed E-state index contributed by atoms with van der Waals surface area (Å²) < 4.78 is 0. The van der Waals surface area contributed by atoms with E-state index in [1.54, 1.807) is 22.7 Å². The molecule has 0 fully saturated rings. The van der Waals surface area contributed by atoms with Gasteiger partial charge in [0.15, 0.2) is 5.13 Å². The Morgan fingerprint density at radius 2 is 2.22 bits per heavy atom. The summed E-state index contributed by atoms with van der Waals surface area (Å²) in [5, 5.41) is 12.4. The lowest BCUT2D eigenvalue weighted by Gasteiger charge is -2.14. The molecule has 0 amide bonds. The maximum atomic E-state index is 9.37. The number of aliphatic hydroxyl groups excluding tert-OH is 1. The average Bonchev–Trinajstić information content (AvgIpc) is 2.96. The second kappa shape index (κ2) is 5.82. The van der Waals surface area contributed by atoms with E-state index in [0.29, 0.717) is 5.92 Å². The van der Waals surface area contributed by atoms with Crippen molar-refractivity contribution < 1.29 is 5.11 Å². The van der Waals surface area contributed by atoms with Crippen LogP contribution in [-0.2, 0) is 13.2 Å². The Balaban J connectivity index is 2.17. The van der Waals surface area contributed by atoms with Gasteiger partial charge in [0.05, 0.1) is 23.7 Å². The maximum absolute atomic E-state index is 9.37. The van der Waals surface area contributed by atoms with Crippen molar-refractivity contribution >= 4 is 27.8 Å². The number of hydrogen-bond donors (Lipinski definition) is 1. The van der Waals surface area contributed by atoms with E-state index in [1.165, 1.54) is 4.88 Å². The zero-order valence-electron chi connectivity index (χ0n) is 10.9. The molecule has 5 heteroatoms. The fraction of sp³-hybridized carbons (Fsp3) is 0.462. The lowest BCUT2D eigenvalue weighted by molar-refractivity contribution is 0.283. The Morgan fingerprint density at radius 3 is 2.72 bits per heavy atom. The van der Waals surface area contributed by atoms with Crippen LogP contribution in [0, 0.1) is 0 Å². The Hall–Kier alpha value is -0.910. The zero-order chi connectivity index (χ0) is 13.1. The van der Waals surface area contributed by atoms with Gasteiger partial charge in [0.2, 0.25) is 0 Å². The van der Waals surface area contributed by atoms with Gasteiger partial charge < -0.3 is 10.0 Å². The van der Waals surface area contributed by atoms with Crippen LogP contribution in [0.2, 0.25) is 0 Å². The fourth-order valence-electron chi connectivity index (χ4n) is 1.78. The van der Waals surface area contributed by atoms with E-state index < -0.39 is 0 Å². The molecule has 0 unspecified atom stereocenters. The van der Waals surface area contributed by atoms with Gasteiger partial charge in [-0.1, -0.05) is 31.3 Å². The number of thiazole rings is 1. The van der Waals surface area contributed by atoms with E-state index in [0.717, 1.165) is 22.2 Å². The quantitative estimate of drug-likeness (QED) is 0.912. The molecule has 0 aliphatic rings. The molecule has 0 spiro atoms. The maximum Gasteiger partial charge on any atom is 0.185 e. The Bertz CT molecular complexity index is 491. The molecule has 0 aliphatic carbocycles. The number of hydrogen-bond acceptors (Lipinski definition) is 5. The van der Waals surface area contributed by atoms with Crippen molar-refractivity contribution in [2.45, 2.75) is 32.9 Å². The molecule has 0 aromatic carbocycles. The molecule has 2 rings (SSSR count). The highest BCUT2D eigenvalue weighted by Gasteiger charge is 2.16. The van der Waals surface area contributed by atoms with Crippen LogP contribution in [0.15, 0.2) is 17.5 Å². The molecule has 18 heavy (non-hydrogen) atoms. The molecular weight excluding hydrogens is 264 g/mol. The van der Waals surface area contributed by atoms with Crippen molar-refractivity contribution in [1.29, 1.82) is 0 Å². The fourth-order valence-corrected chi connectivity index (χ4v) is 3.57. The van der Waals surface area contributed by atoms with Crippen LogP contribution in [0.5, 0.6) is 0 Å². The van der Waals surface area contributed by atoms with E-state index in [1.807, 2.05) is 7.05 Å². The molecule has 0 aliphatic heterocycles. The van der Waals surface area contributed by atoms with Crippen LogP contribution in [0.3, 0.4) is 0 Å². The summed E-state index contributed by atoms with van der Waals surface area (Å²) in [7, 11) is 2.05. The number of anilines is 1. The molecule has 0 saturated carbocycles. The first-order valence-corrected chi connectivity index (χ1v) is 7.65. The minimum absolute atomic E-state index is 0.0814. The van der Waals surface area contributed by atoms with Gasteiger partial charge in [-0.25, -0.2) is 4.98 Å². The van der Waals surface area contributed by atoms with Crippen LogP contribution in [0.25, 0.3) is 0 Å². The third-order valence-corrected chi connectivity index (χ3v) is 4.74. The standard InChI is InChI=1S/C13H18N2OS2/c1-9(2)12-11(8-16)18-13(14-12)15(3)7-10-5-4-6-17-10/h4-6,9,16H,7-8H2,1-3H3. The van der Waals surface area contributed by atoms with E-state index in [-0.39, 0.29) is 6.61 Å². The van der Waals surface area contributed by atoms with Crippen LogP contribution < -0.4 is 4.90 Å². The molecule has 1 N–H and O–H groups in total. The van der Waals surface area contributed by atoms with Crippen LogP contribution in [-0.4, -0.2) is 17.1 Å². The van der Waals surface area contributed by atoms with Crippen molar-refractivity contribution in [1.82, 2.24) is 4.98 Å². The van der Waals surface area contributed by atoms with Gasteiger partial charge in [-0.2, -0.15) is 0 Å². The van der Waals surface area contributed by atoms with Gasteiger partial charge in [-0.05, 0) is 17.4 Å². The SMILES string of the molecule is CC(C)c1nc(N(C)Cc2cccs2)sc1CO. The van der Waals surface area contributed by atoms with E-state index in [4.69, 9.17) is 0 Å². The topological polar surface area (TPSA) is 36.4 Å². The van der Waals surface area contributed by atoms with Gasteiger partial charge in [-0.15, -0.1) is 11.3 Å². The molecule has 0 radical (unpaired) electrons. The first-order valence-electron chi connectivity index (χ1n) is 5.95. The smallest absolute Gasteiger partial charge is 0.185 e. The lowest BCUT2D eigenvalue weighted by Crippen LogP contribution is -2.15. The molecule has 3 nitrogen and oxygen atoms in total. The second-order valence-electron chi connectivity index (χ2n) is 4.55. The molecule has 2 aromatic rings. The summed E-state index contributed by atoms with van der Waals surface area (Å²) in [6.45, 7) is 5.17. The number of rotatable bonds is 5. The number of aliphatic hydroxyl groups is 1. The zero-order valence-corrected chi connectivity index (χ0v) is 12.5. The first-order chi connectivity index (χ1) is 8.61. The summed E-state index contributed by atoms with van der Waals surface area (Å²) in [6, 6.07) is 4.19. The summed E-state index contributed by atoms with van der Waals surface area (Å²) in [5.74, 6) is 0.354. The molecule has 98 valence electrons. The predicted octanol–water partition coefficient (Wildman–Crippen LogP) is 3.46. The minimum Gasteiger partial charge on any atom is -0.391 e. The van der Waals surface area contributed by atoms with Crippen molar-refractivity contribution in [2.24, 2.45) is 0 Å². The van der Waals surface area contributed by atoms with Crippen LogP contribution in [0.1, 0.15) is 35.2 Å². The van der Waals surface area contributed by atoms with Crippen molar-refractivity contribution in [3.8, 4) is 0 Å². The second-order valence-corrected chi connectivity index (χ2v) is 6.65. The van der Waals surface area contributed by atoms with Crippen molar-refractivity contribution in [3.63, 3.8) is 0 Å². The molecule has 2 heterocycles. The van der Waals surface area contributed by atoms with E-state index in [2.05, 4.69) is 41.2 Å². The molecule has 0 bridgehead atoms. The summed E-state index contributed by atoms with van der Waals surface area (Å²) in [5.41, 5.74) is 1.02. The monoisotopic (exact) mass is 282 g/mol. The van der Waals surface area contributed by atoms with Gasteiger partial charge in [0.1, 0.15) is 0 Å². The minimum atomic E-state index is 0.0814. The van der Waals surface area contributed by atoms with Crippen LogP contribution in [0.4, 0.5) is 5.13 Å². The van der Waals surface area contributed by atoms with Crippen molar-refractivity contribution in [2.75, 3.05) is 11.9 Å².